The largest absolute Gasteiger partial charge is 0.420 e. The maximum absolute atomic E-state index is 13.7. The molecule has 5 rings (SSSR count). The molecular formula is C21H35N4O12S2+. The van der Waals surface area contributed by atoms with Crippen molar-refractivity contribution in [1.29, 1.82) is 0 Å². The molecule has 1 spiro atoms. The highest BCUT2D eigenvalue weighted by Crippen LogP contribution is 2.60. The molecule has 16 nitrogen and oxygen atoms in total. The maximum atomic E-state index is 13.7. The summed E-state index contributed by atoms with van der Waals surface area (Å²) in [6.07, 6.45) is -12.0. The highest BCUT2D eigenvalue weighted by molar-refractivity contribution is 8.18. The van der Waals surface area contributed by atoms with Gasteiger partial charge in [0.15, 0.2) is 12.6 Å². The number of rotatable bonds is 5. The highest BCUT2D eigenvalue weighted by atomic mass is 32.2. The Morgan fingerprint density at radius 1 is 0.846 bits per heavy atom. The Morgan fingerprint density at radius 2 is 1.41 bits per heavy atom. The average molecular weight is 600 g/mol. The van der Waals surface area contributed by atoms with Gasteiger partial charge >= 0.3 is 6.03 Å². The van der Waals surface area contributed by atoms with Crippen molar-refractivity contribution < 1.29 is 64.4 Å². The molecule has 0 aromatic heterocycles. The second kappa shape index (κ2) is 11.1. The van der Waals surface area contributed by atoms with Gasteiger partial charge in [-0.2, -0.15) is 0 Å². The second-order valence-electron chi connectivity index (χ2n) is 10.3. The number of nitrogens with one attached hydrogen (secondary N) is 2. The number of quaternary nitrogens is 1. The van der Waals surface area contributed by atoms with Crippen molar-refractivity contribution in [1.82, 2.24) is 15.5 Å². The Labute approximate surface area is 231 Å². The van der Waals surface area contributed by atoms with E-state index in [1.54, 1.807) is 0 Å². The zero-order chi connectivity index (χ0) is 28.3. The predicted molar refractivity (Wildman–Crippen MR) is 132 cm³/mol. The van der Waals surface area contributed by atoms with E-state index in [1.165, 1.54) is 23.5 Å². The van der Waals surface area contributed by atoms with Crippen LogP contribution in [-0.4, -0.2) is 178 Å². The molecule has 10 N–H and O–H groups in total. The molecule has 0 aromatic carbocycles. The number of ether oxygens (including phenoxy) is 2. The van der Waals surface area contributed by atoms with Gasteiger partial charge in [-0.05, 0) is 0 Å². The van der Waals surface area contributed by atoms with Crippen molar-refractivity contribution in [2.45, 2.75) is 71.7 Å². The minimum Gasteiger partial charge on any atom is -0.394 e. The molecule has 5 fully saturated rings. The first-order valence-corrected chi connectivity index (χ1v) is 14.6. The molecular weight excluding hydrogens is 564 g/mol. The van der Waals surface area contributed by atoms with Crippen molar-refractivity contribution in [3.05, 3.63) is 0 Å². The number of hydrogen-bond donors (Lipinski definition) is 10. The van der Waals surface area contributed by atoms with Crippen molar-refractivity contribution in [2.24, 2.45) is 0 Å². The minimum absolute atomic E-state index is 0.129. The fourth-order valence-electron chi connectivity index (χ4n) is 6.06. The van der Waals surface area contributed by atoms with E-state index in [0.29, 0.717) is 25.4 Å². The number of carbonyl (C=O) groups is 2. The summed E-state index contributed by atoms with van der Waals surface area (Å²) in [5.74, 6) is 0.316. The number of urea groups is 1. The molecule has 5 aliphatic heterocycles. The topological polar surface area (TPSA) is 242 Å². The van der Waals surface area contributed by atoms with E-state index < -0.39 is 96.8 Å². The molecule has 3 amide bonds. The van der Waals surface area contributed by atoms with Crippen LogP contribution in [0.1, 0.15) is 0 Å². The first-order chi connectivity index (χ1) is 18.5. The zero-order valence-corrected chi connectivity index (χ0v) is 22.4. The van der Waals surface area contributed by atoms with E-state index in [-0.39, 0.29) is 10.2 Å². The van der Waals surface area contributed by atoms with Crippen LogP contribution in [0, 0.1) is 0 Å². The summed E-state index contributed by atoms with van der Waals surface area (Å²) in [4.78, 5) is 29.0. The van der Waals surface area contributed by atoms with Crippen LogP contribution in [0.2, 0.25) is 0 Å². The van der Waals surface area contributed by atoms with Gasteiger partial charge in [0.25, 0.3) is 4.33 Å². The Morgan fingerprint density at radius 3 is 1.97 bits per heavy atom. The molecule has 5 aliphatic rings. The van der Waals surface area contributed by atoms with Crippen molar-refractivity contribution in [3.63, 3.8) is 0 Å². The van der Waals surface area contributed by atoms with Crippen LogP contribution in [-0.2, 0) is 14.3 Å². The molecule has 0 saturated carbocycles. The van der Waals surface area contributed by atoms with E-state index in [2.05, 4.69) is 10.6 Å². The molecule has 5 saturated heterocycles. The number of aliphatic hydroxyl groups is 8. The lowest BCUT2D eigenvalue weighted by atomic mass is 9.97. The van der Waals surface area contributed by atoms with Gasteiger partial charge in [0.1, 0.15) is 61.3 Å². The molecule has 11 unspecified atom stereocenters. The summed E-state index contributed by atoms with van der Waals surface area (Å²) in [6, 6.07) is -3.97. The summed E-state index contributed by atoms with van der Waals surface area (Å²) in [6.45, 7) is -0.210. The fourth-order valence-corrected chi connectivity index (χ4v) is 10.0. The number of hydrogen-bond acceptors (Lipinski definition) is 15. The van der Waals surface area contributed by atoms with Crippen LogP contribution in [0.5, 0.6) is 0 Å². The second-order valence-corrected chi connectivity index (χ2v) is 13.0. The van der Waals surface area contributed by atoms with E-state index in [9.17, 15) is 50.4 Å². The lowest BCUT2D eigenvalue weighted by Gasteiger charge is -2.43. The highest BCUT2D eigenvalue weighted by Gasteiger charge is 2.73. The first kappa shape index (κ1) is 29.6. The van der Waals surface area contributed by atoms with Gasteiger partial charge in [0, 0.05) is 5.75 Å². The van der Waals surface area contributed by atoms with Crippen molar-refractivity contribution in [3.8, 4) is 0 Å². The molecule has 0 aliphatic carbocycles. The minimum atomic E-state index is -1.67. The van der Waals surface area contributed by atoms with Gasteiger partial charge in [-0.15, -0.1) is 0 Å². The van der Waals surface area contributed by atoms with Crippen LogP contribution in [0.4, 0.5) is 4.79 Å². The molecule has 0 aromatic rings. The number of nitrogens with zero attached hydrogens (tertiary/aromatic N) is 2. The molecule has 5 heterocycles. The summed E-state index contributed by atoms with van der Waals surface area (Å²) in [7, 11) is 0. The monoisotopic (exact) mass is 599 g/mol. The van der Waals surface area contributed by atoms with Crippen LogP contribution in [0.3, 0.4) is 0 Å². The van der Waals surface area contributed by atoms with E-state index in [1.807, 2.05) is 4.90 Å². The lowest BCUT2D eigenvalue weighted by Crippen LogP contribution is -2.70. The predicted octanol–water partition coefficient (Wildman–Crippen LogP) is -5.98. The lowest BCUT2D eigenvalue weighted by molar-refractivity contribution is -0.855. The Balaban J connectivity index is 1.30. The quantitative estimate of drug-likeness (QED) is 0.132. The number of carbonyl (C=O) groups excluding carboxylic acids is 2. The van der Waals surface area contributed by atoms with Crippen molar-refractivity contribution >= 4 is 35.5 Å². The molecule has 222 valence electrons. The third-order valence-corrected chi connectivity index (χ3v) is 11.8. The Hall–Kier alpha value is -0.840. The zero-order valence-electron chi connectivity index (χ0n) is 20.7. The van der Waals surface area contributed by atoms with Gasteiger partial charge in [-0.1, -0.05) is 23.5 Å². The first-order valence-electron chi connectivity index (χ1n) is 12.7. The number of amides is 3. The van der Waals surface area contributed by atoms with E-state index in [4.69, 9.17) is 9.47 Å². The SMILES string of the molecule is O=C(NC1C(O)OC(CO)C(O)C1O)[C@@H]1CS[C@@]23SCC[N+]2(C(=O)NC2C(O)OC(CO)C(O)C2O)CCN13. The van der Waals surface area contributed by atoms with Crippen LogP contribution in [0.25, 0.3) is 0 Å². The van der Waals surface area contributed by atoms with Gasteiger partial charge in [-0.25, -0.2) is 14.2 Å². The number of aliphatic hydroxyl groups excluding tert-OH is 8. The third-order valence-electron chi connectivity index (χ3n) is 8.29. The Kier molecular flexibility index (Phi) is 8.44. The smallest absolute Gasteiger partial charge is 0.394 e. The van der Waals surface area contributed by atoms with E-state index in [0.717, 1.165) is 0 Å². The fraction of sp³-hybridized carbons (Fsp3) is 0.905. The molecule has 13 atom stereocenters. The van der Waals surface area contributed by atoms with Gasteiger partial charge < -0.3 is 55.6 Å². The molecule has 39 heavy (non-hydrogen) atoms. The summed E-state index contributed by atoms with van der Waals surface area (Å²) in [5.41, 5.74) is 0. The van der Waals surface area contributed by atoms with Crippen molar-refractivity contribution in [2.75, 3.05) is 44.4 Å². The molecule has 18 heteroatoms. The van der Waals surface area contributed by atoms with Crippen LogP contribution in [0.15, 0.2) is 0 Å². The Bertz CT molecular complexity index is 957. The average Bonchev–Trinajstić information content (AvgIpc) is 3.56. The van der Waals surface area contributed by atoms with Gasteiger partial charge in [-0.3, -0.25) is 10.1 Å². The number of thioether (sulfide) groups is 2. The summed E-state index contributed by atoms with van der Waals surface area (Å²) >= 11 is 2.88. The van der Waals surface area contributed by atoms with Crippen LogP contribution >= 0.6 is 23.5 Å². The molecule has 0 bridgehead atoms. The van der Waals surface area contributed by atoms with E-state index >= 15 is 0 Å². The van der Waals surface area contributed by atoms with Gasteiger partial charge in [0.05, 0.1) is 32.1 Å². The standard InChI is InChI=1S/C21H34N4O12S2/c26-5-9-13(28)15(30)11(18(33)36-9)22-17(32)8-7-39-21-24(8)1-2-25(21,3-4-38-21)20(35)23-12-16(31)14(29)10(6-27)37-19(12)34/h8-16,18-19,26-31,33-34H,1-7H2,(H-,22,23,32,35)/p+1/t8-,9?,10?,11?,12?,13?,14?,15?,16?,18?,19?,21+,25?/m0/s1. The third kappa shape index (κ3) is 4.58. The maximum Gasteiger partial charge on any atom is 0.420 e. The van der Waals surface area contributed by atoms with Gasteiger partial charge in [0.2, 0.25) is 5.91 Å². The molecule has 0 radical (unpaired) electrons. The summed E-state index contributed by atoms with van der Waals surface area (Å²) in [5, 5.41) is 85.7. The normalized spacial score (nSPS) is 49.9. The summed E-state index contributed by atoms with van der Waals surface area (Å²) < 4.78 is 9.27. The van der Waals surface area contributed by atoms with Crippen LogP contribution < -0.4 is 10.6 Å².